The zero-order chi connectivity index (χ0) is 14.5. The van der Waals surface area contributed by atoms with E-state index in [1.807, 2.05) is 16.8 Å². The van der Waals surface area contributed by atoms with Gasteiger partial charge in [0.15, 0.2) is 0 Å². The van der Waals surface area contributed by atoms with Crippen LogP contribution in [0.4, 0.5) is 0 Å². The number of hydrogen-bond donors (Lipinski definition) is 1. The van der Waals surface area contributed by atoms with E-state index in [1.54, 1.807) is 9.80 Å². The number of rotatable bonds is 4. The topological polar surface area (TPSA) is 75.9 Å². The predicted molar refractivity (Wildman–Crippen MR) is 83.9 cm³/mol. The van der Waals surface area contributed by atoms with Gasteiger partial charge in [-0.25, -0.2) is 0 Å². The number of nitrogens with two attached hydrogens (primary N) is 1. The Bertz CT molecular complexity index is 457. The average molecular weight is 334 g/mol. The minimum atomic E-state index is -0.589. The Morgan fingerprint density at radius 2 is 1.95 bits per heavy atom. The van der Waals surface area contributed by atoms with Gasteiger partial charge in [-0.15, -0.1) is 12.4 Å². The first-order chi connectivity index (χ1) is 9.67. The first-order valence-corrected chi connectivity index (χ1v) is 7.44. The van der Waals surface area contributed by atoms with Gasteiger partial charge in [-0.2, -0.15) is 11.3 Å². The first kappa shape index (κ1) is 17.9. The molecule has 0 spiro atoms. The average Bonchev–Trinajstić information content (AvgIpc) is 3.02. The number of methoxy groups -OCH3 is 1. The minimum Gasteiger partial charge on any atom is -0.370 e. The lowest BCUT2D eigenvalue weighted by Crippen LogP contribution is -2.54. The molecule has 118 valence electrons. The second-order valence-corrected chi connectivity index (χ2v) is 5.37. The maximum atomic E-state index is 12.2. The highest BCUT2D eigenvalue weighted by atomic mass is 35.5. The number of thiophene rings is 1. The molecule has 0 aromatic carbocycles. The number of ether oxygens (including phenoxy) is 1. The summed E-state index contributed by atoms with van der Waals surface area (Å²) in [5, 5.41) is 3.73. The number of piperazine rings is 1. The van der Waals surface area contributed by atoms with Crippen molar-refractivity contribution in [2.24, 2.45) is 5.73 Å². The SMILES string of the molecule is COC(CN)C(=O)N1CCN(C(=O)c2ccsc2)CC1.Cl. The van der Waals surface area contributed by atoms with Crippen LogP contribution in [0.5, 0.6) is 0 Å². The summed E-state index contributed by atoms with van der Waals surface area (Å²) in [4.78, 5) is 27.7. The molecule has 2 N–H and O–H groups in total. The van der Waals surface area contributed by atoms with Crippen LogP contribution in [0.25, 0.3) is 0 Å². The van der Waals surface area contributed by atoms with Crippen molar-refractivity contribution in [1.29, 1.82) is 0 Å². The van der Waals surface area contributed by atoms with Crippen LogP contribution < -0.4 is 5.73 Å². The van der Waals surface area contributed by atoms with E-state index in [0.29, 0.717) is 31.7 Å². The van der Waals surface area contributed by atoms with Crippen molar-refractivity contribution in [3.8, 4) is 0 Å². The number of halogens is 1. The summed E-state index contributed by atoms with van der Waals surface area (Å²) in [6, 6.07) is 1.82. The molecule has 0 radical (unpaired) electrons. The normalized spacial score (nSPS) is 16.3. The number of carbonyl (C=O) groups excluding carboxylic acids is 2. The molecule has 6 nitrogen and oxygen atoms in total. The molecular formula is C13H20ClN3O3S. The largest absolute Gasteiger partial charge is 0.370 e. The molecule has 2 heterocycles. The van der Waals surface area contributed by atoms with Crippen molar-refractivity contribution in [2.45, 2.75) is 6.10 Å². The molecule has 1 fully saturated rings. The van der Waals surface area contributed by atoms with Crippen LogP contribution >= 0.6 is 23.7 Å². The highest BCUT2D eigenvalue weighted by molar-refractivity contribution is 7.08. The molecule has 1 atom stereocenters. The third-order valence-corrected chi connectivity index (χ3v) is 4.10. The second kappa shape index (κ2) is 8.33. The summed E-state index contributed by atoms with van der Waals surface area (Å²) in [5.74, 6) is -0.0712. The molecule has 1 saturated heterocycles. The van der Waals surface area contributed by atoms with Crippen molar-refractivity contribution >= 4 is 35.6 Å². The summed E-state index contributed by atoms with van der Waals surface area (Å²) >= 11 is 1.50. The Labute approximate surface area is 134 Å². The Morgan fingerprint density at radius 1 is 1.33 bits per heavy atom. The van der Waals surface area contributed by atoms with Crippen LogP contribution in [0.1, 0.15) is 10.4 Å². The van der Waals surface area contributed by atoms with Gasteiger partial charge < -0.3 is 20.3 Å². The molecule has 1 aliphatic rings. The zero-order valence-electron chi connectivity index (χ0n) is 11.9. The van der Waals surface area contributed by atoms with Gasteiger partial charge in [0, 0.05) is 45.2 Å². The number of amides is 2. The molecule has 21 heavy (non-hydrogen) atoms. The van der Waals surface area contributed by atoms with Crippen molar-refractivity contribution in [3.63, 3.8) is 0 Å². The summed E-state index contributed by atoms with van der Waals surface area (Å²) in [6.07, 6.45) is -0.589. The van der Waals surface area contributed by atoms with Crippen molar-refractivity contribution in [3.05, 3.63) is 22.4 Å². The fourth-order valence-electron chi connectivity index (χ4n) is 2.20. The zero-order valence-corrected chi connectivity index (χ0v) is 13.5. The lowest BCUT2D eigenvalue weighted by Gasteiger charge is -2.35. The molecule has 0 saturated carbocycles. The van der Waals surface area contributed by atoms with Gasteiger partial charge in [0.1, 0.15) is 6.10 Å². The fourth-order valence-corrected chi connectivity index (χ4v) is 2.83. The summed E-state index contributed by atoms with van der Waals surface area (Å²) in [6.45, 7) is 2.30. The fraction of sp³-hybridized carbons (Fsp3) is 0.538. The Hall–Kier alpha value is -1.15. The maximum absolute atomic E-state index is 12.2. The van der Waals surface area contributed by atoms with Crippen LogP contribution in [-0.2, 0) is 9.53 Å². The van der Waals surface area contributed by atoms with Gasteiger partial charge in [0.05, 0.1) is 5.56 Å². The van der Waals surface area contributed by atoms with Gasteiger partial charge in [-0.3, -0.25) is 9.59 Å². The van der Waals surface area contributed by atoms with E-state index in [-0.39, 0.29) is 30.8 Å². The Kier molecular flexibility index (Phi) is 7.10. The third-order valence-electron chi connectivity index (χ3n) is 3.42. The van der Waals surface area contributed by atoms with Crippen LogP contribution in [0.3, 0.4) is 0 Å². The van der Waals surface area contributed by atoms with Gasteiger partial charge in [0.2, 0.25) is 0 Å². The standard InChI is InChI=1S/C13H19N3O3S.ClH/c1-19-11(8-14)13(18)16-5-3-15(4-6-16)12(17)10-2-7-20-9-10;/h2,7,9,11H,3-6,8,14H2,1H3;1H. The van der Waals surface area contributed by atoms with Crippen molar-refractivity contribution in [1.82, 2.24) is 9.80 Å². The van der Waals surface area contributed by atoms with E-state index >= 15 is 0 Å². The molecule has 0 aliphatic carbocycles. The van der Waals surface area contributed by atoms with E-state index in [2.05, 4.69) is 0 Å². The second-order valence-electron chi connectivity index (χ2n) is 4.59. The summed E-state index contributed by atoms with van der Waals surface area (Å²) in [7, 11) is 1.48. The molecule has 2 amide bonds. The Morgan fingerprint density at radius 3 is 2.43 bits per heavy atom. The van der Waals surface area contributed by atoms with E-state index in [1.165, 1.54) is 18.4 Å². The number of hydrogen-bond acceptors (Lipinski definition) is 5. The molecular weight excluding hydrogens is 314 g/mol. The van der Waals surface area contributed by atoms with Gasteiger partial charge >= 0.3 is 0 Å². The monoisotopic (exact) mass is 333 g/mol. The minimum absolute atomic E-state index is 0. The molecule has 1 unspecified atom stereocenters. The van der Waals surface area contributed by atoms with Crippen LogP contribution in [0.2, 0.25) is 0 Å². The molecule has 1 aliphatic heterocycles. The van der Waals surface area contributed by atoms with E-state index in [0.717, 1.165) is 0 Å². The molecule has 2 rings (SSSR count). The van der Waals surface area contributed by atoms with Gasteiger partial charge in [0.25, 0.3) is 11.8 Å². The summed E-state index contributed by atoms with van der Waals surface area (Å²) < 4.78 is 5.05. The highest BCUT2D eigenvalue weighted by Crippen LogP contribution is 2.12. The Balaban J connectivity index is 0.00000220. The van der Waals surface area contributed by atoms with Crippen LogP contribution in [-0.4, -0.2) is 67.6 Å². The maximum Gasteiger partial charge on any atom is 0.254 e. The van der Waals surface area contributed by atoms with Crippen LogP contribution in [0.15, 0.2) is 16.8 Å². The van der Waals surface area contributed by atoms with Crippen molar-refractivity contribution in [2.75, 3.05) is 39.8 Å². The molecule has 0 bridgehead atoms. The van der Waals surface area contributed by atoms with E-state index < -0.39 is 6.10 Å². The quantitative estimate of drug-likeness (QED) is 0.867. The third kappa shape index (κ3) is 4.16. The lowest BCUT2D eigenvalue weighted by molar-refractivity contribution is -0.142. The molecule has 8 heteroatoms. The number of nitrogens with zero attached hydrogens (tertiary/aromatic N) is 2. The molecule has 1 aromatic heterocycles. The first-order valence-electron chi connectivity index (χ1n) is 6.50. The highest BCUT2D eigenvalue weighted by Gasteiger charge is 2.28. The molecule has 1 aromatic rings. The van der Waals surface area contributed by atoms with Gasteiger partial charge in [-0.1, -0.05) is 0 Å². The van der Waals surface area contributed by atoms with Gasteiger partial charge in [-0.05, 0) is 11.4 Å². The van der Waals surface area contributed by atoms with Crippen molar-refractivity contribution < 1.29 is 14.3 Å². The smallest absolute Gasteiger partial charge is 0.254 e. The number of carbonyl (C=O) groups is 2. The summed E-state index contributed by atoms with van der Waals surface area (Å²) in [5.41, 5.74) is 6.21. The lowest BCUT2D eigenvalue weighted by atomic mass is 10.2. The van der Waals surface area contributed by atoms with Crippen LogP contribution in [0, 0.1) is 0 Å². The van der Waals surface area contributed by atoms with E-state index in [4.69, 9.17) is 10.5 Å². The predicted octanol–water partition coefficient (Wildman–Crippen LogP) is 0.428. The van der Waals surface area contributed by atoms with E-state index in [9.17, 15) is 9.59 Å².